The summed E-state index contributed by atoms with van der Waals surface area (Å²) >= 11 is 0. The number of nitrogens with one attached hydrogen (secondary N) is 1. The van der Waals surface area contributed by atoms with Crippen LogP contribution in [0.1, 0.15) is 17.9 Å². The van der Waals surface area contributed by atoms with Crippen molar-refractivity contribution in [2.45, 2.75) is 19.8 Å². The Bertz CT molecular complexity index is 328. The van der Waals surface area contributed by atoms with Gasteiger partial charge in [0.05, 0.1) is 0 Å². The molecule has 0 amide bonds. The molecule has 0 bridgehead atoms. The molecular weight excluding hydrogens is 152 g/mol. The Balaban J connectivity index is 2.85. The van der Waals surface area contributed by atoms with Gasteiger partial charge in [0, 0.05) is 11.8 Å². The molecule has 0 aliphatic heterocycles. The van der Waals surface area contributed by atoms with E-state index in [-0.39, 0.29) is 5.56 Å². The van der Waals surface area contributed by atoms with Gasteiger partial charge in [-0.1, -0.05) is 6.08 Å². The molecule has 0 aliphatic rings. The Hall–Kier alpha value is -1.38. The first-order valence-electron chi connectivity index (χ1n) is 3.90. The fourth-order valence-corrected chi connectivity index (χ4v) is 1.02. The number of allylic oxidation sites excluding steroid dienone is 1. The quantitative estimate of drug-likeness (QED) is 0.682. The maximum Gasteiger partial charge on any atom is 0.251 e. The molecule has 1 heterocycles. The first-order valence-corrected chi connectivity index (χ1v) is 3.90. The molecule has 0 spiro atoms. The smallest absolute Gasteiger partial charge is 0.251 e. The Morgan fingerprint density at radius 3 is 3.08 bits per heavy atom. The highest BCUT2D eigenvalue weighted by atomic mass is 16.1. The molecule has 64 valence electrons. The fourth-order valence-electron chi connectivity index (χ4n) is 1.02. The molecule has 0 saturated heterocycles. The predicted octanol–water partition coefficient (Wildman–Crippen LogP) is 1.20. The fraction of sp³-hybridized carbons (Fsp3) is 0.333. The van der Waals surface area contributed by atoms with Crippen LogP contribution in [0, 0.1) is 6.92 Å². The molecule has 0 atom stereocenters. The summed E-state index contributed by atoms with van der Waals surface area (Å²) in [6.45, 7) is 5.38. The molecule has 1 rings (SSSR count). The van der Waals surface area contributed by atoms with E-state index in [1.165, 1.54) is 6.07 Å². The second kappa shape index (κ2) is 3.85. The molecular formula is C9H12N2O. The highest BCUT2D eigenvalue weighted by Crippen LogP contribution is 1.96. The van der Waals surface area contributed by atoms with Crippen LogP contribution in [0.3, 0.4) is 0 Å². The number of hydrogen-bond donors (Lipinski definition) is 1. The first-order chi connectivity index (χ1) is 5.72. The van der Waals surface area contributed by atoms with Crippen LogP contribution < -0.4 is 5.56 Å². The molecule has 0 aliphatic carbocycles. The van der Waals surface area contributed by atoms with Crippen molar-refractivity contribution in [3.05, 3.63) is 40.6 Å². The van der Waals surface area contributed by atoms with E-state index in [0.717, 1.165) is 18.5 Å². The van der Waals surface area contributed by atoms with Gasteiger partial charge < -0.3 is 4.98 Å². The van der Waals surface area contributed by atoms with E-state index in [0.29, 0.717) is 5.82 Å². The summed E-state index contributed by atoms with van der Waals surface area (Å²) in [5.41, 5.74) is 0.748. The minimum absolute atomic E-state index is 0.0819. The van der Waals surface area contributed by atoms with Gasteiger partial charge in [-0.15, -0.1) is 6.58 Å². The molecule has 0 unspecified atom stereocenters. The molecule has 0 fully saturated rings. The third-order valence-corrected chi connectivity index (χ3v) is 1.52. The zero-order valence-electron chi connectivity index (χ0n) is 7.13. The second-order valence-electron chi connectivity index (χ2n) is 2.65. The summed E-state index contributed by atoms with van der Waals surface area (Å²) in [6, 6.07) is 1.52. The Labute approximate surface area is 71.2 Å². The van der Waals surface area contributed by atoms with E-state index in [2.05, 4.69) is 16.5 Å². The van der Waals surface area contributed by atoms with E-state index in [9.17, 15) is 4.79 Å². The number of H-pyrrole nitrogens is 1. The van der Waals surface area contributed by atoms with Gasteiger partial charge >= 0.3 is 0 Å². The van der Waals surface area contributed by atoms with Crippen LogP contribution in [0.15, 0.2) is 23.5 Å². The third kappa shape index (κ3) is 2.34. The van der Waals surface area contributed by atoms with Crippen LogP contribution in [-0.4, -0.2) is 9.97 Å². The van der Waals surface area contributed by atoms with Crippen LogP contribution in [-0.2, 0) is 6.42 Å². The number of aromatic amines is 1. The van der Waals surface area contributed by atoms with Crippen LogP contribution in [0.4, 0.5) is 0 Å². The van der Waals surface area contributed by atoms with Gasteiger partial charge in [0.25, 0.3) is 5.56 Å². The SMILES string of the molecule is C=CCCc1cc(=O)[nH]c(C)n1. The van der Waals surface area contributed by atoms with Crippen molar-refractivity contribution in [1.29, 1.82) is 0 Å². The average Bonchev–Trinajstić information content (AvgIpc) is 1.99. The Morgan fingerprint density at radius 1 is 1.75 bits per heavy atom. The number of rotatable bonds is 3. The Kier molecular flexibility index (Phi) is 2.80. The maximum absolute atomic E-state index is 11.0. The Morgan fingerprint density at radius 2 is 2.50 bits per heavy atom. The zero-order valence-corrected chi connectivity index (χ0v) is 7.13. The van der Waals surface area contributed by atoms with Gasteiger partial charge in [-0.05, 0) is 19.8 Å². The molecule has 1 aromatic heterocycles. The molecule has 1 aromatic rings. The van der Waals surface area contributed by atoms with E-state index in [1.807, 2.05) is 6.08 Å². The summed E-state index contributed by atoms with van der Waals surface area (Å²) in [5.74, 6) is 0.668. The summed E-state index contributed by atoms with van der Waals surface area (Å²) in [7, 11) is 0. The van der Waals surface area contributed by atoms with Crippen LogP contribution in [0.5, 0.6) is 0 Å². The topological polar surface area (TPSA) is 45.8 Å². The van der Waals surface area contributed by atoms with Gasteiger partial charge in [0.1, 0.15) is 5.82 Å². The minimum Gasteiger partial charge on any atom is -0.311 e. The molecule has 1 N–H and O–H groups in total. The summed E-state index contributed by atoms with van der Waals surface area (Å²) < 4.78 is 0. The van der Waals surface area contributed by atoms with Crippen molar-refractivity contribution in [3.63, 3.8) is 0 Å². The largest absolute Gasteiger partial charge is 0.311 e. The normalized spacial score (nSPS) is 9.75. The minimum atomic E-state index is -0.0819. The van der Waals surface area contributed by atoms with Crippen molar-refractivity contribution < 1.29 is 0 Å². The van der Waals surface area contributed by atoms with Crippen molar-refractivity contribution in [2.24, 2.45) is 0 Å². The predicted molar refractivity (Wildman–Crippen MR) is 48.1 cm³/mol. The molecule has 3 nitrogen and oxygen atoms in total. The lowest BCUT2D eigenvalue weighted by Gasteiger charge is -1.97. The van der Waals surface area contributed by atoms with Crippen molar-refractivity contribution in [1.82, 2.24) is 9.97 Å². The summed E-state index contributed by atoms with van der Waals surface area (Å²) in [5, 5.41) is 0. The second-order valence-corrected chi connectivity index (χ2v) is 2.65. The van der Waals surface area contributed by atoms with Crippen molar-refractivity contribution in [2.75, 3.05) is 0 Å². The van der Waals surface area contributed by atoms with Crippen molar-refractivity contribution in [3.8, 4) is 0 Å². The number of aryl methyl sites for hydroxylation is 2. The summed E-state index contributed by atoms with van der Waals surface area (Å²) in [4.78, 5) is 17.7. The van der Waals surface area contributed by atoms with Gasteiger partial charge in [-0.2, -0.15) is 0 Å². The van der Waals surface area contributed by atoms with Crippen molar-refractivity contribution >= 4 is 0 Å². The maximum atomic E-state index is 11.0. The molecule has 0 saturated carbocycles. The molecule has 0 aromatic carbocycles. The number of nitrogens with zero attached hydrogens (tertiary/aromatic N) is 1. The van der Waals surface area contributed by atoms with Crippen LogP contribution in [0.2, 0.25) is 0 Å². The van der Waals surface area contributed by atoms with E-state index >= 15 is 0 Å². The molecule has 3 heteroatoms. The van der Waals surface area contributed by atoms with Gasteiger partial charge in [0.2, 0.25) is 0 Å². The monoisotopic (exact) mass is 164 g/mol. The van der Waals surface area contributed by atoms with Gasteiger partial charge in [0.15, 0.2) is 0 Å². The standard InChI is InChI=1S/C9H12N2O/c1-3-4-5-8-6-9(12)11-7(2)10-8/h3,6H,1,4-5H2,2H3,(H,10,11,12). The molecule has 12 heavy (non-hydrogen) atoms. The van der Waals surface area contributed by atoms with Gasteiger partial charge in [-0.25, -0.2) is 4.98 Å². The zero-order chi connectivity index (χ0) is 8.97. The highest BCUT2D eigenvalue weighted by molar-refractivity contribution is 5.02. The lowest BCUT2D eigenvalue weighted by atomic mass is 10.2. The highest BCUT2D eigenvalue weighted by Gasteiger charge is 1.95. The lowest BCUT2D eigenvalue weighted by Crippen LogP contribution is -2.10. The number of aromatic nitrogens is 2. The lowest BCUT2D eigenvalue weighted by molar-refractivity contribution is 0.887. The average molecular weight is 164 g/mol. The van der Waals surface area contributed by atoms with Gasteiger partial charge in [-0.3, -0.25) is 4.79 Å². The number of hydrogen-bond acceptors (Lipinski definition) is 2. The first kappa shape index (κ1) is 8.71. The van der Waals surface area contributed by atoms with E-state index in [1.54, 1.807) is 6.92 Å². The van der Waals surface area contributed by atoms with E-state index in [4.69, 9.17) is 0 Å². The summed E-state index contributed by atoms with van der Waals surface area (Å²) in [6.07, 6.45) is 3.46. The van der Waals surface area contributed by atoms with E-state index < -0.39 is 0 Å². The van der Waals surface area contributed by atoms with Crippen LogP contribution in [0.25, 0.3) is 0 Å². The third-order valence-electron chi connectivity index (χ3n) is 1.52. The van der Waals surface area contributed by atoms with Crippen LogP contribution >= 0.6 is 0 Å². The molecule has 0 radical (unpaired) electrons.